The fraction of sp³-hybridized carbons (Fsp3) is 0.778. The fourth-order valence-corrected chi connectivity index (χ4v) is 1.27. The molecule has 0 unspecified atom stereocenters. The summed E-state index contributed by atoms with van der Waals surface area (Å²) < 4.78 is 0. The van der Waals surface area contributed by atoms with Crippen LogP contribution in [0.1, 0.15) is 0 Å². The van der Waals surface area contributed by atoms with Gasteiger partial charge < -0.3 is 20.0 Å². The van der Waals surface area contributed by atoms with E-state index in [4.69, 9.17) is 10.2 Å². The summed E-state index contributed by atoms with van der Waals surface area (Å²) in [7, 11) is 5.85. The summed E-state index contributed by atoms with van der Waals surface area (Å²) in [4.78, 5) is 25.8. The lowest BCUT2D eigenvalue weighted by atomic mass is 9.87. The monoisotopic (exact) mass is 218 g/mol. The molecule has 0 aliphatic rings. The van der Waals surface area contributed by atoms with Crippen LogP contribution in [0.2, 0.25) is 0 Å². The Morgan fingerprint density at radius 2 is 1.20 bits per heavy atom. The van der Waals surface area contributed by atoms with E-state index in [0.717, 1.165) is 0 Å². The lowest BCUT2D eigenvalue weighted by Crippen LogP contribution is -2.55. The first-order valence-electron chi connectivity index (χ1n) is 4.48. The van der Waals surface area contributed by atoms with E-state index < -0.39 is 30.4 Å². The van der Waals surface area contributed by atoms with Crippen LogP contribution in [0.15, 0.2) is 0 Å². The molecule has 6 heteroatoms. The number of hydrogen-bond donors (Lipinski definition) is 2. The molecule has 0 aliphatic carbocycles. The molecular weight excluding hydrogens is 200 g/mol. The molecule has 6 nitrogen and oxygen atoms in total. The van der Waals surface area contributed by atoms with E-state index in [1.807, 2.05) is 0 Å². The normalized spacial score (nSPS) is 11.1. The second-order valence-corrected chi connectivity index (χ2v) is 3.80. The molecule has 2 amide bonds. The molecule has 0 atom stereocenters. The van der Waals surface area contributed by atoms with Crippen LogP contribution in [0, 0.1) is 5.41 Å². The second-order valence-electron chi connectivity index (χ2n) is 3.80. The van der Waals surface area contributed by atoms with Gasteiger partial charge in [-0.05, 0) is 0 Å². The molecule has 0 spiro atoms. The minimum atomic E-state index is -1.77. The Balaban J connectivity index is 5.22. The minimum Gasteiger partial charge on any atom is -0.395 e. The van der Waals surface area contributed by atoms with Crippen LogP contribution in [-0.4, -0.2) is 73.2 Å². The van der Waals surface area contributed by atoms with Gasteiger partial charge >= 0.3 is 0 Å². The average Bonchev–Trinajstić information content (AvgIpc) is 2.19. The van der Waals surface area contributed by atoms with E-state index >= 15 is 0 Å². The quantitative estimate of drug-likeness (QED) is 0.542. The molecule has 15 heavy (non-hydrogen) atoms. The highest BCUT2D eigenvalue weighted by molar-refractivity contribution is 6.05. The third kappa shape index (κ3) is 2.45. The Hall–Kier alpha value is -1.14. The van der Waals surface area contributed by atoms with E-state index in [2.05, 4.69) is 0 Å². The molecule has 0 radical (unpaired) electrons. The van der Waals surface area contributed by atoms with Gasteiger partial charge in [-0.25, -0.2) is 0 Å². The van der Waals surface area contributed by atoms with Gasteiger partial charge in [0.25, 0.3) is 0 Å². The molecule has 0 rings (SSSR count). The van der Waals surface area contributed by atoms with Gasteiger partial charge in [-0.15, -0.1) is 0 Å². The summed E-state index contributed by atoms with van der Waals surface area (Å²) in [6, 6.07) is 0. The molecule has 0 aliphatic heterocycles. The van der Waals surface area contributed by atoms with E-state index in [1.54, 1.807) is 0 Å². The topological polar surface area (TPSA) is 81.1 Å². The Morgan fingerprint density at radius 3 is 1.33 bits per heavy atom. The first kappa shape index (κ1) is 13.9. The van der Waals surface area contributed by atoms with E-state index in [0.29, 0.717) is 0 Å². The molecule has 0 aromatic rings. The van der Waals surface area contributed by atoms with Crippen molar-refractivity contribution >= 4 is 11.8 Å². The largest absolute Gasteiger partial charge is 0.395 e. The van der Waals surface area contributed by atoms with Crippen molar-refractivity contribution in [2.75, 3.05) is 41.4 Å². The van der Waals surface area contributed by atoms with Gasteiger partial charge in [0.1, 0.15) is 0 Å². The predicted octanol–water partition coefficient (Wildman–Crippen LogP) is -1.87. The Morgan fingerprint density at radius 1 is 0.933 bits per heavy atom. The molecule has 0 saturated carbocycles. The predicted molar refractivity (Wildman–Crippen MR) is 54.0 cm³/mol. The van der Waals surface area contributed by atoms with Crippen LogP contribution >= 0.6 is 0 Å². The number of carbonyl (C=O) groups excluding carboxylic acids is 2. The third-order valence-electron chi connectivity index (χ3n) is 2.17. The summed E-state index contributed by atoms with van der Waals surface area (Å²) in [6.45, 7) is -1.42. The molecule has 2 N–H and O–H groups in total. The molecule has 0 bridgehead atoms. The highest BCUT2D eigenvalue weighted by Crippen LogP contribution is 2.20. The standard InChI is InChI=1S/C9H18N2O4/c1-10(2)7(14)9(5-12,6-13)8(15)11(3)4/h12-13H,5-6H2,1-4H3. The smallest absolute Gasteiger partial charge is 0.242 e. The summed E-state index contributed by atoms with van der Waals surface area (Å²) in [5.41, 5.74) is -1.77. The van der Waals surface area contributed by atoms with Gasteiger partial charge in [-0.1, -0.05) is 0 Å². The number of hydrogen-bond acceptors (Lipinski definition) is 4. The molecule has 0 fully saturated rings. The highest BCUT2D eigenvalue weighted by atomic mass is 16.3. The van der Waals surface area contributed by atoms with Crippen LogP contribution in [0.3, 0.4) is 0 Å². The average molecular weight is 218 g/mol. The molecule has 0 saturated heterocycles. The highest BCUT2D eigenvalue weighted by Gasteiger charge is 2.47. The zero-order valence-electron chi connectivity index (χ0n) is 9.52. The van der Waals surface area contributed by atoms with Gasteiger partial charge in [0.2, 0.25) is 11.8 Å². The maximum absolute atomic E-state index is 11.7. The van der Waals surface area contributed by atoms with Crippen molar-refractivity contribution < 1.29 is 19.8 Å². The van der Waals surface area contributed by atoms with E-state index in [-0.39, 0.29) is 0 Å². The van der Waals surface area contributed by atoms with Crippen LogP contribution in [0.5, 0.6) is 0 Å². The van der Waals surface area contributed by atoms with Crippen molar-refractivity contribution in [3.05, 3.63) is 0 Å². The van der Waals surface area contributed by atoms with Crippen LogP contribution in [0.25, 0.3) is 0 Å². The third-order valence-corrected chi connectivity index (χ3v) is 2.17. The number of amides is 2. The Bertz CT molecular complexity index is 224. The van der Waals surface area contributed by atoms with Gasteiger partial charge in [0, 0.05) is 28.2 Å². The summed E-state index contributed by atoms with van der Waals surface area (Å²) >= 11 is 0. The van der Waals surface area contributed by atoms with Crippen LogP contribution < -0.4 is 0 Å². The molecule has 88 valence electrons. The van der Waals surface area contributed by atoms with Gasteiger partial charge in [0.05, 0.1) is 13.2 Å². The molecule has 0 heterocycles. The van der Waals surface area contributed by atoms with Crippen molar-refractivity contribution in [2.45, 2.75) is 0 Å². The van der Waals surface area contributed by atoms with Crippen LogP contribution in [-0.2, 0) is 9.59 Å². The number of nitrogens with zero attached hydrogens (tertiary/aromatic N) is 2. The molecular formula is C9H18N2O4. The Labute approximate surface area is 89.1 Å². The number of carbonyl (C=O) groups is 2. The molecule has 0 aromatic carbocycles. The minimum absolute atomic E-state index is 0.605. The van der Waals surface area contributed by atoms with Crippen molar-refractivity contribution in [3.8, 4) is 0 Å². The number of aliphatic hydroxyl groups is 2. The zero-order valence-corrected chi connectivity index (χ0v) is 9.52. The lowest BCUT2D eigenvalue weighted by molar-refractivity contribution is -0.160. The maximum Gasteiger partial charge on any atom is 0.242 e. The van der Waals surface area contributed by atoms with Crippen molar-refractivity contribution in [1.29, 1.82) is 0 Å². The van der Waals surface area contributed by atoms with Gasteiger partial charge in [-0.3, -0.25) is 9.59 Å². The van der Waals surface area contributed by atoms with Crippen molar-refractivity contribution in [3.63, 3.8) is 0 Å². The van der Waals surface area contributed by atoms with E-state index in [9.17, 15) is 9.59 Å². The molecule has 0 aromatic heterocycles. The first-order valence-corrected chi connectivity index (χ1v) is 4.48. The SMILES string of the molecule is CN(C)C(=O)C(CO)(CO)C(=O)N(C)C. The second kappa shape index (κ2) is 5.09. The lowest BCUT2D eigenvalue weighted by Gasteiger charge is -2.31. The summed E-state index contributed by atoms with van der Waals surface area (Å²) in [5, 5.41) is 18.3. The number of rotatable bonds is 4. The fourth-order valence-electron chi connectivity index (χ4n) is 1.27. The van der Waals surface area contributed by atoms with Crippen LogP contribution in [0.4, 0.5) is 0 Å². The van der Waals surface area contributed by atoms with Crippen molar-refractivity contribution in [1.82, 2.24) is 9.80 Å². The van der Waals surface area contributed by atoms with E-state index in [1.165, 1.54) is 38.0 Å². The summed E-state index contributed by atoms with van der Waals surface area (Å²) in [6.07, 6.45) is 0. The maximum atomic E-state index is 11.7. The summed E-state index contributed by atoms with van der Waals surface area (Å²) in [5.74, 6) is -1.21. The van der Waals surface area contributed by atoms with Gasteiger partial charge in [0.15, 0.2) is 5.41 Å². The Kier molecular flexibility index (Phi) is 4.70. The van der Waals surface area contributed by atoms with Gasteiger partial charge in [-0.2, -0.15) is 0 Å². The first-order chi connectivity index (χ1) is 6.83. The number of aliphatic hydroxyl groups excluding tert-OH is 2. The van der Waals surface area contributed by atoms with Crippen molar-refractivity contribution in [2.24, 2.45) is 5.41 Å². The zero-order chi connectivity index (χ0) is 12.2.